The number of carbonyl (C=O) groups is 1. The van der Waals surface area contributed by atoms with Crippen molar-refractivity contribution >= 4 is 16.8 Å². The number of hydrogen-bond donors (Lipinski definition) is 2. The number of aromatic amines is 1. The molecule has 1 heterocycles. The molecule has 0 bridgehead atoms. The van der Waals surface area contributed by atoms with Crippen molar-refractivity contribution in [2.45, 2.75) is 38.6 Å². The largest absolute Gasteiger partial charge is 0.493 e. The van der Waals surface area contributed by atoms with Gasteiger partial charge in [0.15, 0.2) is 11.5 Å². The number of nitrogens with one attached hydrogen (secondary N) is 2. The van der Waals surface area contributed by atoms with Crippen LogP contribution in [-0.2, 0) is 4.79 Å². The first-order chi connectivity index (χ1) is 13.6. The molecule has 0 aliphatic carbocycles. The third-order valence-electron chi connectivity index (χ3n) is 5.22. The Morgan fingerprint density at radius 2 is 1.86 bits per heavy atom. The molecule has 1 amide bonds. The molecule has 0 aliphatic heterocycles. The van der Waals surface area contributed by atoms with Crippen molar-refractivity contribution in [1.82, 2.24) is 10.3 Å². The van der Waals surface area contributed by atoms with Crippen molar-refractivity contribution in [2.24, 2.45) is 0 Å². The predicted octanol–water partition coefficient (Wildman–Crippen LogP) is 4.62. The van der Waals surface area contributed by atoms with Crippen molar-refractivity contribution in [1.29, 1.82) is 0 Å². The molecule has 0 fully saturated rings. The molecule has 1 aromatic heterocycles. The summed E-state index contributed by atoms with van der Waals surface area (Å²) >= 11 is 0. The van der Waals surface area contributed by atoms with Crippen LogP contribution in [0.15, 0.2) is 48.7 Å². The smallest absolute Gasteiger partial charge is 0.221 e. The second-order valence-corrected chi connectivity index (χ2v) is 7.04. The van der Waals surface area contributed by atoms with Crippen LogP contribution < -0.4 is 14.8 Å². The molecule has 5 nitrogen and oxygen atoms in total. The summed E-state index contributed by atoms with van der Waals surface area (Å²) in [6.07, 6.45) is 3.27. The minimum absolute atomic E-state index is 0.0411. The Hall–Kier alpha value is -2.95. The summed E-state index contributed by atoms with van der Waals surface area (Å²) in [7, 11) is 3.24. The SMILES string of the molecule is CC[C@H](C)NC(=O)C[C@@H](c1ccc(OC)c(OC)c1)c1c[nH]c2ccccc12. The Morgan fingerprint density at radius 1 is 1.11 bits per heavy atom. The lowest BCUT2D eigenvalue weighted by Crippen LogP contribution is -2.33. The summed E-state index contributed by atoms with van der Waals surface area (Å²) in [5, 5.41) is 4.21. The zero-order valence-corrected chi connectivity index (χ0v) is 16.9. The van der Waals surface area contributed by atoms with Gasteiger partial charge in [-0.3, -0.25) is 4.79 Å². The summed E-state index contributed by atoms with van der Waals surface area (Å²) in [4.78, 5) is 16.1. The standard InChI is InChI=1S/C23H28N2O3/c1-5-15(2)25-23(26)13-18(16-10-11-21(27-3)22(12-16)28-4)19-14-24-20-9-7-6-8-17(19)20/h6-12,14-15,18,24H,5,13H2,1-4H3,(H,25,26)/t15-,18-/m0/s1. The molecule has 2 N–H and O–H groups in total. The molecule has 0 aliphatic rings. The van der Waals surface area contributed by atoms with Crippen LogP contribution in [0.25, 0.3) is 10.9 Å². The fraction of sp³-hybridized carbons (Fsp3) is 0.348. The van der Waals surface area contributed by atoms with Crippen LogP contribution in [0.1, 0.15) is 43.7 Å². The van der Waals surface area contributed by atoms with Gasteiger partial charge in [-0.1, -0.05) is 31.2 Å². The van der Waals surface area contributed by atoms with E-state index < -0.39 is 0 Å². The van der Waals surface area contributed by atoms with Crippen molar-refractivity contribution in [3.8, 4) is 11.5 Å². The first kappa shape index (κ1) is 19.8. The van der Waals surface area contributed by atoms with Crippen LogP contribution in [0.5, 0.6) is 11.5 Å². The second-order valence-electron chi connectivity index (χ2n) is 7.04. The molecule has 148 valence electrons. The fourth-order valence-electron chi connectivity index (χ4n) is 3.48. The number of aromatic nitrogens is 1. The van der Waals surface area contributed by atoms with Gasteiger partial charge in [0.25, 0.3) is 0 Å². The maximum absolute atomic E-state index is 12.7. The molecule has 2 aromatic carbocycles. The van der Waals surface area contributed by atoms with Gasteiger partial charge in [-0.25, -0.2) is 0 Å². The van der Waals surface area contributed by atoms with E-state index >= 15 is 0 Å². The van der Waals surface area contributed by atoms with Gasteiger partial charge in [0, 0.05) is 35.5 Å². The van der Waals surface area contributed by atoms with Gasteiger partial charge >= 0.3 is 0 Å². The van der Waals surface area contributed by atoms with E-state index in [0.29, 0.717) is 17.9 Å². The molecule has 0 radical (unpaired) electrons. The topological polar surface area (TPSA) is 63.4 Å². The molecule has 3 aromatic rings. The zero-order chi connectivity index (χ0) is 20.1. The normalized spacial score (nSPS) is 13.1. The molecule has 0 unspecified atom stereocenters. The van der Waals surface area contributed by atoms with Crippen molar-refractivity contribution < 1.29 is 14.3 Å². The average molecular weight is 380 g/mol. The maximum Gasteiger partial charge on any atom is 0.221 e. The number of fused-ring (bicyclic) bond motifs is 1. The summed E-state index contributed by atoms with van der Waals surface area (Å²) < 4.78 is 10.9. The fourth-order valence-corrected chi connectivity index (χ4v) is 3.48. The number of rotatable bonds is 8. The van der Waals surface area contributed by atoms with E-state index in [2.05, 4.69) is 23.3 Å². The first-order valence-corrected chi connectivity index (χ1v) is 9.64. The molecular formula is C23H28N2O3. The number of benzene rings is 2. The Kier molecular flexibility index (Phi) is 6.24. The lowest BCUT2D eigenvalue weighted by molar-refractivity contribution is -0.121. The molecule has 0 saturated carbocycles. The molecule has 2 atom stereocenters. The van der Waals surface area contributed by atoms with Crippen LogP contribution in [0.4, 0.5) is 0 Å². The molecule has 0 saturated heterocycles. The Labute approximate surface area is 166 Å². The minimum atomic E-state index is -0.0972. The Bertz CT molecular complexity index is 948. The monoisotopic (exact) mass is 380 g/mol. The van der Waals surface area contributed by atoms with E-state index in [-0.39, 0.29) is 17.9 Å². The number of amides is 1. The predicted molar refractivity (Wildman–Crippen MR) is 112 cm³/mol. The third kappa shape index (κ3) is 4.14. The van der Waals surface area contributed by atoms with Crippen LogP contribution in [0.3, 0.4) is 0 Å². The molecule has 3 rings (SSSR count). The highest BCUT2D eigenvalue weighted by Crippen LogP contribution is 2.37. The van der Waals surface area contributed by atoms with Crippen LogP contribution in [0.2, 0.25) is 0 Å². The third-order valence-corrected chi connectivity index (χ3v) is 5.22. The molecule has 5 heteroatoms. The number of ether oxygens (including phenoxy) is 2. The van der Waals surface area contributed by atoms with E-state index in [0.717, 1.165) is 28.5 Å². The van der Waals surface area contributed by atoms with E-state index in [1.54, 1.807) is 14.2 Å². The molecule has 0 spiro atoms. The number of H-pyrrole nitrogens is 1. The van der Waals surface area contributed by atoms with Crippen LogP contribution in [-0.4, -0.2) is 31.2 Å². The summed E-state index contributed by atoms with van der Waals surface area (Å²) in [5.74, 6) is 1.28. The molecule has 28 heavy (non-hydrogen) atoms. The Balaban J connectivity index is 2.03. The van der Waals surface area contributed by atoms with Crippen molar-refractivity contribution in [3.05, 3.63) is 59.8 Å². The summed E-state index contributed by atoms with van der Waals surface area (Å²) in [5.41, 5.74) is 3.18. The summed E-state index contributed by atoms with van der Waals surface area (Å²) in [6, 6.07) is 14.2. The maximum atomic E-state index is 12.7. The highest BCUT2D eigenvalue weighted by atomic mass is 16.5. The quantitative estimate of drug-likeness (QED) is 0.599. The molecular weight excluding hydrogens is 352 g/mol. The van der Waals surface area contributed by atoms with Gasteiger partial charge in [0.05, 0.1) is 14.2 Å². The van der Waals surface area contributed by atoms with Gasteiger partial charge in [0.2, 0.25) is 5.91 Å². The van der Waals surface area contributed by atoms with Gasteiger partial charge in [-0.2, -0.15) is 0 Å². The second kappa shape index (κ2) is 8.83. The van der Waals surface area contributed by atoms with Crippen molar-refractivity contribution in [3.63, 3.8) is 0 Å². The number of hydrogen-bond acceptors (Lipinski definition) is 3. The van der Waals surface area contributed by atoms with Crippen LogP contribution in [0, 0.1) is 0 Å². The summed E-state index contributed by atoms with van der Waals surface area (Å²) in [6.45, 7) is 4.09. The zero-order valence-electron chi connectivity index (χ0n) is 16.9. The van der Waals surface area contributed by atoms with Gasteiger partial charge in [0.1, 0.15) is 0 Å². The van der Waals surface area contributed by atoms with Crippen LogP contribution >= 0.6 is 0 Å². The number of methoxy groups -OCH3 is 2. The lowest BCUT2D eigenvalue weighted by atomic mass is 9.87. The van der Waals surface area contributed by atoms with Gasteiger partial charge in [-0.05, 0) is 42.7 Å². The number of para-hydroxylation sites is 1. The van der Waals surface area contributed by atoms with E-state index in [4.69, 9.17) is 9.47 Å². The van der Waals surface area contributed by atoms with E-state index in [9.17, 15) is 4.79 Å². The first-order valence-electron chi connectivity index (χ1n) is 9.64. The van der Waals surface area contributed by atoms with E-state index in [1.807, 2.05) is 49.5 Å². The van der Waals surface area contributed by atoms with Gasteiger partial charge in [-0.15, -0.1) is 0 Å². The van der Waals surface area contributed by atoms with Gasteiger partial charge < -0.3 is 19.8 Å². The van der Waals surface area contributed by atoms with E-state index in [1.165, 1.54) is 0 Å². The highest BCUT2D eigenvalue weighted by Gasteiger charge is 2.23. The Morgan fingerprint density at radius 3 is 2.57 bits per heavy atom. The number of carbonyl (C=O) groups excluding carboxylic acids is 1. The average Bonchev–Trinajstić information content (AvgIpc) is 3.15. The highest BCUT2D eigenvalue weighted by molar-refractivity contribution is 5.86. The lowest BCUT2D eigenvalue weighted by Gasteiger charge is -2.20. The minimum Gasteiger partial charge on any atom is -0.493 e. The van der Waals surface area contributed by atoms with Crippen molar-refractivity contribution in [2.75, 3.05) is 14.2 Å².